The van der Waals surface area contributed by atoms with Crippen molar-refractivity contribution in [2.45, 2.75) is 0 Å². The lowest BCUT2D eigenvalue weighted by atomic mass is 10.2. The Morgan fingerprint density at radius 1 is 1.26 bits per heavy atom. The molecular weight excluding hydrogens is 244 g/mol. The Bertz CT molecular complexity index is 785. The number of imidazole rings is 1. The monoisotopic (exact) mass is 256 g/mol. The summed E-state index contributed by atoms with van der Waals surface area (Å²) >= 11 is 0. The molecule has 0 fully saturated rings. The van der Waals surface area contributed by atoms with Gasteiger partial charge in [-0.05, 0) is 24.3 Å². The second-order valence-corrected chi connectivity index (χ2v) is 4.34. The van der Waals surface area contributed by atoms with Crippen LogP contribution >= 0.6 is 0 Å². The minimum atomic E-state index is -0.949. The quantitative estimate of drug-likeness (QED) is 0.757. The Kier molecular flexibility index (Phi) is 2.38. The van der Waals surface area contributed by atoms with Gasteiger partial charge in [-0.3, -0.25) is 4.68 Å². The number of carboxylic acid groups (broad SMARTS) is 1. The molecule has 0 unspecified atom stereocenters. The van der Waals surface area contributed by atoms with Crippen LogP contribution in [0, 0.1) is 0 Å². The van der Waals surface area contributed by atoms with Crippen LogP contribution in [-0.2, 0) is 14.1 Å². The number of rotatable bonds is 2. The first-order valence-electron chi connectivity index (χ1n) is 5.76. The summed E-state index contributed by atoms with van der Waals surface area (Å²) in [6.45, 7) is 0. The van der Waals surface area contributed by atoms with Crippen molar-refractivity contribution < 1.29 is 9.90 Å². The molecule has 19 heavy (non-hydrogen) atoms. The fraction of sp³-hybridized carbons (Fsp3) is 0.154. The molecule has 0 amide bonds. The topological polar surface area (TPSA) is 72.9 Å². The number of fused-ring (bicyclic) bond motifs is 1. The van der Waals surface area contributed by atoms with Crippen LogP contribution in [0.1, 0.15) is 10.4 Å². The molecule has 6 heteroatoms. The van der Waals surface area contributed by atoms with E-state index in [-0.39, 0.29) is 5.56 Å². The molecule has 0 saturated heterocycles. The molecule has 3 rings (SSSR count). The standard InChI is InChI=1S/C13H12N4O2/c1-16-10-4-3-8(13(18)19)7-9(10)15-12(16)11-5-6-14-17(11)2/h3-7H,1-2H3,(H,18,19). The SMILES string of the molecule is Cn1nccc1-c1nc2cc(C(=O)O)ccc2n1C. The molecular formula is C13H12N4O2. The predicted octanol–water partition coefficient (Wildman–Crippen LogP) is 1.67. The van der Waals surface area contributed by atoms with Crippen molar-refractivity contribution in [1.82, 2.24) is 19.3 Å². The molecule has 2 aromatic heterocycles. The van der Waals surface area contributed by atoms with Crippen molar-refractivity contribution in [3.05, 3.63) is 36.0 Å². The molecule has 0 bridgehead atoms. The van der Waals surface area contributed by atoms with Gasteiger partial charge >= 0.3 is 5.97 Å². The molecule has 6 nitrogen and oxygen atoms in total. The maximum Gasteiger partial charge on any atom is 0.335 e. The Morgan fingerprint density at radius 2 is 2.05 bits per heavy atom. The summed E-state index contributed by atoms with van der Waals surface area (Å²) in [5.41, 5.74) is 2.68. The number of aryl methyl sites for hydroxylation is 2. The highest BCUT2D eigenvalue weighted by molar-refractivity contribution is 5.93. The van der Waals surface area contributed by atoms with Crippen LogP contribution in [0.2, 0.25) is 0 Å². The van der Waals surface area contributed by atoms with E-state index in [1.807, 2.05) is 24.7 Å². The molecule has 3 aromatic rings. The van der Waals surface area contributed by atoms with Gasteiger partial charge in [0, 0.05) is 20.3 Å². The van der Waals surface area contributed by atoms with Gasteiger partial charge in [-0.2, -0.15) is 5.10 Å². The lowest BCUT2D eigenvalue weighted by molar-refractivity contribution is 0.0697. The maximum atomic E-state index is 11.0. The largest absolute Gasteiger partial charge is 0.478 e. The Morgan fingerprint density at radius 3 is 2.68 bits per heavy atom. The predicted molar refractivity (Wildman–Crippen MR) is 69.9 cm³/mol. The second-order valence-electron chi connectivity index (χ2n) is 4.34. The highest BCUT2D eigenvalue weighted by Gasteiger charge is 2.14. The lowest BCUT2D eigenvalue weighted by Crippen LogP contribution is -1.99. The molecule has 1 N–H and O–H groups in total. The van der Waals surface area contributed by atoms with Crippen LogP contribution in [0.5, 0.6) is 0 Å². The smallest absolute Gasteiger partial charge is 0.335 e. The van der Waals surface area contributed by atoms with Crippen LogP contribution in [0.25, 0.3) is 22.6 Å². The second kappa shape index (κ2) is 3.94. The van der Waals surface area contributed by atoms with Gasteiger partial charge < -0.3 is 9.67 Å². The van der Waals surface area contributed by atoms with E-state index < -0.39 is 5.97 Å². The van der Waals surface area contributed by atoms with E-state index >= 15 is 0 Å². The van der Waals surface area contributed by atoms with E-state index in [9.17, 15) is 4.79 Å². The van der Waals surface area contributed by atoms with Gasteiger partial charge in [0.15, 0.2) is 5.82 Å². The lowest BCUT2D eigenvalue weighted by Gasteiger charge is -2.02. The fourth-order valence-corrected chi connectivity index (χ4v) is 2.16. The molecule has 0 aliphatic heterocycles. The number of aromatic nitrogens is 4. The van der Waals surface area contributed by atoms with Crippen LogP contribution < -0.4 is 0 Å². The molecule has 0 aliphatic rings. The van der Waals surface area contributed by atoms with Crippen LogP contribution in [0.15, 0.2) is 30.5 Å². The van der Waals surface area contributed by atoms with Crippen LogP contribution in [-0.4, -0.2) is 30.4 Å². The zero-order valence-corrected chi connectivity index (χ0v) is 10.5. The number of hydrogen-bond donors (Lipinski definition) is 1. The molecule has 96 valence electrons. The maximum absolute atomic E-state index is 11.0. The van der Waals surface area contributed by atoms with Crippen molar-refractivity contribution in [1.29, 1.82) is 0 Å². The highest BCUT2D eigenvalue weighted by atomic mass is 16.4. The molecule has 0 atom stereocenters. The number of hydrogen-bond acceptors (Lipinski definition) is 3. The van der Waals surface area contributed by atoms with Gasteiger partial charge in [-0.1, -0.05) is 0 Å². The van der Waals surface area contributed by atoms with Crippen molar-refractivity contribution in [3.63, 3.8) is 0 Å². The summed E-state index contributed by atoms with van der Waals surface area (Å²) in [4.78, 5) is 15.5. The first kappa shape index (κ1) is 11.5. The van der Waals surface area contributed by atoms with Gasteiger partial charge in [0.05, 0.1) is 16.6 Å². The van der Waals surface area contributed by atoms with E-state index in [0.717, 1.165) is 17.0 Å². The normalized spacial score (nSPS) is 11.1. The minimum Gasteiger partial charge on any atom is -0.478 e. The summed E-state index contributed by atoms with van der Waals surface area (Å²) in [5, 5.41) is 13.1. The van der Waals surface area contributed by atoms with E-state index in [4.69, 9.17) is 5.11 Å². The number of carboxylic acids is 1. The number of benzene rings is 1. The highest BCUT2D eigenvalue weighted by Crippen LogP contribution is 2.23. The third kappa shape index (κ3) is 1.69. The molecule has 1 aromatic carbocycles. The van der Waals surface area contributed by atoms with Gasteiger partial charge in [-0.25, -0.2) is 9.78 Å². The van der Waals surface area contributed by atoms with E-state index in [1.165, 1.54) is 0 Å². The van der Waals surface area contributed by atoms with Crippen molar-refractivity contribution in [2.75, 3.05) is 0 Å². The van der Waals surface area contributed by atoms with E-state index in [2.05, 4.69) is 10.1 Å². The van der Waals surface area contributed by atoms with Crippen LogP contribution in [0.4, 0.5) is 0 Å². The average Bonchev–Trinajstić information content (AvgIpc) is 2.93. The van der Waals surface area contributed by atoms with Gasteiger partial charge in [0.1, 0.15) is 5.69 Å². The van der Waals surface area contributed by atoms with E-state index in [1.54, 1.807) is 29.1 Å². The average molecular weight is 256 g/mol. The Labute approximate surface area is 108 Å². The van der Waals surface area contributed by atoms with E-state index in [0.29, 0.717) is 5.52 Å². The van der Waals surface area contributed by atoms with Crippen LogP contribution in [0.3, 0.4) is 0 Å². The third-order valence-electron chi connectivity index (χ3n) is 3.18. The van der Waals surface area contributed by atoms with Gasteiger partial charge in [0.2, 0.25) is 0 Å². The first-order chi connectivity index (χ1) is 9.08. The molecule has 0 saturated carbocycles. The zero-order chi connectivity index (χ0) is 13.6. The summed E-state index contributed by atoms with van der Waals surface area (Å²) in [6.07, 6.45) is 1.71. The third-order valence-corrected chi connectivity index (χ3v) is 3.18. The number of aromatic carboxylic acids is 1. The summed E-state index contributed by atoms with van der Waals surface area (Å²) in [7, 11) is 3.75. The Hall–Kier alpha value is -2.63. The van der Waals surface area contributed by atoms with Gasteiger partial charge in [0.25, 0.3) is 0 Å². The van der Waals surface area contributed by atoms with Crippen molar-refractivity contribution >= 4 is 17.0 Å². The zero-order valence-electron chi connectivity index (χ0n) is 10.5. The van der Waals surface area contributed by atoms with Gasteiger partial charge in [-0.15, -0.1) is 0 Å². The molecule has 0 aliphatic carbocycles. The van der Waals surface area contributed by atoms with Crippen molar-refractivity contribution in [2.24, 2.45) is 14.1 Å². The summed E-state index contributed by atoms with van der Waals surface area (Å²) in [5.74, 6) is -0.188. The van der Waals surface area contributed by atoms with Crippen molar-refractivity contribution in [3.8, 4) is 11.5 Å². The minimum absolute atomic E-state index is 0.238. The Balaban J connectivity index is 2.26. The number of nitrogens with zero attached hydrogens (tertiary/aromatic N) is 4. The summed E-state index contributed by atoms with van der Waals surface area (Å²) < 4.78 is 3.66. The molecule has 2 heterocycles. The molecule has 0 radical (unpaired) electrons. The fourth-order valence-electron chi connectivity index (χ4n) is 2.16. The first-order valence-corrected chi connectivity index (χ1v) is 5.76. The summed E-state index contributed by atoms with van der Waals surface area (Å²) in [6, 6.07) is 6.81. The number of carbonyl (C=O) groups is 1. The molecule has 0 spiro atoms.